The van der Waals surface area contributed by atoms with Crippen LogP contribution >= 0.6 is 0 Å². The number of carboxylic acid groups (broad SMARTS) is 1. The lowest BCUT2D eigenvalue weighted by Crippen LogP contribution is -2.16. The fraction of sp³-hybridized carbons (Fsp3) is 0.300. The van der Waals surface area contributed by atoms with Crippen LogP contribution in [0.5, 0.6) is 5.75 Å². The zero-order chi connectivity index (χ0) is 18.6. The summed E-state index contributed by atoms with van der Waals surface area (Å²) in [5, 5.41) is 12.1. The van der Waals surface area contributed by atoms with Gasteiger partial charge in [-0.05, 0) is 54.7 Å². The molecule has 0 fully saturated rings. The highest BCUT2D eigenvalue weighted by Crippen LogP contribution is 2.24. The van der Waals surface area contributed by atoms with Crippen molar-refractivity contribution in [1.29, 1.82) is 0 Å². The van der Waals surface area contributed by atoms with Crippen molar-refractivity contribution in [3.05, 3.63) is 58.7 Å². The minimum absolute atomic E-state index is 0.0376. The van der Waals surface area contributed by atoms with Crippen LogP contribution in [-0.4, -0.2) is 24.1 Å². The van der Waals surface area contributed by atoms with Crippen LogP contribution in [0.3, 0.4) is 0 Å². The highest BCUT2D eigenvalue weighted by molar-refractivity contribution is 5.95. The van der Waals surface area contributed by atoms with Crippen LogP contribution in [0.2, 0.25) is 0 Å². The van der Waals surface area contributed by atoms with Crippen LogP contribution < -0.4 is 10.1 Å². The molecule has 0 aliphatic heterocycles. The molecule has 1 unspecified atom stereocenters. The smallest absolute Gasteiger partial charge is 0.336 e. The van der Waals surface area contributed by atoms with E-state index in [-0.39, 0.29) is 17.4 Å². The highest BCUT2D eigenvalue weighted by atomic mass is 16.5. The van der Waals surface area contributed by atoms with E-state index >= 15 is 0 Å². The zero-order valence-electron chi connectivity index (χ0n) is 14.9. The molecular formula is C20H23NO4. The van der Waals surface area contributed by atoms with E-state index in [4.69, 9.17) is 4.74 Å². The van der Waals surface area contributed by atoms with Crippen LogP contribution in [-0.2, 0) is 4.79 Å². The van der Waals surface area contributed by atoms with E-state index in [0.717, 1.165) is 16.9 Å². The summed E-state index contributed by atoms with van der Waals surface area (Å²) in [5.74, 6) is -0.335. The van der Waals surface area contributed by atoms with Crippen molar-refractivity contribution < 1.29 is 19.4 Å². The minimum Gasteiger partial charge on any atom is -0.497 e. The van der Waals surface area contributed by atoms with Gasteiger partial charge in [-0.25, -0.2) is 4.79 Å². The Hall–Kier alpha value is -2.82. The molecule has 1 amide bonds. The lowest BCUT2D eigenvalue weighted by atomic mass is 9.97. The first-order valence-corrected chi connectivity index (χ1v) is 8.10. The highest BCUT2D eigenvalue weighted by Gasteiger charge is 2.15. The summed E-state index contributed by atoms with van der Waals surface area (Å²) in [4.78, 5) is 23.6. The van der Waals surface area contributed by atoms with Crippen LogP contribution in [0.15, 0.2) is 36.4 Å². The Bertz CT molecular complexity index is 781. The fourth-order valence-electron chi connectivity index (χ4n) is 2.75. The molecule has 0 bridgehead atoms. The number of methoxy groups -OCH3 is 1. The fourth-order valence-corrected chi connectivity index (χ4v) is 2.75. The first-order chi connectivity index (χ1) is 11.8. The second-order valence-electron chi connectivity index (χ2n) is 6.21. The topological polar surface area (TPSA) is 75.6 Å². The first-order valence-electron chi connectivity index (χ1n) is 8.10. The third kappa shape index (κ3) is 4.59. The van der Waals surface area contributed by atoms with Crippen molar-refractivity contribution in [1.82, 2.24) is 0 Å². The van der Waals surface area contributed by atoms with E-state index in [9.17, 15) is 14.7 Å². The number of benzene rings is 2. The molecule has 2 aromatic rings. The summed E-state index contributed by atoms with van der Waals surface area (Å²) in [5.41, 5.74) is 3.30. The molecule has 5 heteroatoms. The number of anilines is 1. The van der Waals surface area contributed by atoms with E-state index in [1.807, 2.05) is 38.1 Å². The number of carboxylic acids is 1. The Morgan fingerprint density at radius 2 is 1.76 bits per heavy atom. The zero-order valence-corrected chi connectivity index (χ0v) is 14.9. The Morgan fingerprint density at radius 3 is 2.32 bits per heavy atom. The van der Waals surface area contributed by atoms with Crippen molar-refractivity contribution >= 4 is 17.6 Å². The maximum Gasteiger partial charge on any atom is 0.336 e. The molecule has 2 aromatic carbocycles. The summed E-state index contributed by atoms with van der Waals surface area (Å²) in [7, 11) is 1.61. The number of nitrogens with one attached hydrogen (secondary N) is 1. The largest absolute Gasteiger partial charge is 0.497 e. The maximum absolute atomic E-state index is 12.4. The molecule has 0 heterocycles. The summed E-state index contributed by atoms with van der Waals surface area (Å²) in [6.07, 6.45) is 0.308. The number of hydrogen-bond donors (Lipinski definition) is 2. The van der Waals surface area contributed by atoms with Gasteiger partial charge < -0.3 is 15.2 Å². The van der Waals surface area contributed by atoms with Gasteiger partial charge in [-0.2, -0.15) is 0 Å². The number of aromatic carboxylic acids is 1. The van der Waals surface area contributed by atoms with Gasteiger partial charge >= 0.3 is 5.97 Å². The monoisotopic (exact) mass is 341 g/mol. The van der Waals surface area contributed by atoms with Crippen molar-refractivity contribution in [3.63, 3.8) is 0 Å². The van der Waals surface area contributed by atoms with Gasteiger partial charge in [-0.3, -0.25) is 4.79 Å². The summed E-state index contributed by atoms with van der Waals surface area (Å²) < 4.78 is 5.14. The van der Waals surface area contributed by atoms with E-state index in [1.165, 1.54) is 6.07 Å². The summed E-state index contributed by atoms with van der Waals surface area (Å²) in [6, 6.07) is 10.9. The summed E-state index contributed by atoms with van der Waals surface area (Å²) >= 11 is 0. The second kappa shape index (κ2) is 7.83. The number of amides is 1. The number of ether oxygens (including phenoxy) is 1. The normalized spacial score (nSPS) is 11.7. The average molecular weight is 341 g/mol. The maximum atomic E-state index is 12.4. The molecule has 0 aliphatic rings. The van der Waals surface area contributed by atoms with Crippen molar-refractivity contribution in [3.8, 4) is 5.75 Å². The predicted octanol–water partition coefficient (Wildman–Crippen LogP) is 4.14. The van der Waals surface area contributed by atoms with Crippen molar-refractivity contribution in [2.24, 2.45) is 0 Å². The molecule has 2 N–H and O–H groups in total. The molecule has 2 rings (SSSR count). The quantitative estimate of drug-likeness (QED) is 0.828. The van der Waals surface area contributed by atoms with E-state index in [1.54, 1.807) is 20.1 Å². The lowest BCUT2D eigenvalue weighted by Gasteiger charge is -2.15. The lowest BCUT2D eigenvalue weighted by molar-refractivity contribution is -0.116. The molecule has 0 spiro atoms. The third-order valence-corrected chi connectivity index (χ3v) is 4.25. The number of hydrogen-bond acceptors (Lipinski definition) is 3. The van der Waals surface area contributed by atoms with Gasteiger partial charge in [0.1, 0.15) is 5.75 Å². The first kappa shape index (κ1) is 18.5. The van der Waals surface area contributed by atoms with Crippen molar-refractivity contribution in [2.75, 3.05) is 12.4 Å². The molecule has 0 radical (unpaired) electrons. The molecule has 25 heavy (non-hydrogen) atoms. The number of carbonyl (C=O) groups excluding carboxylic acids is 1. The second-order valence-corrected chi connectivity index (χ2v) is 6.21. The molecule has 0 saturated heterocycles. The van der Waals surface area contributed by atoms with Gasteiger partial charge in [-0.1, -0.05) is 25.1 Å². The molecule has 0 aliphatic carbocycles. The van der Waals surface area contributed by atoms with Gasteiger partial charge in [0.05, 0.1) is 12.7 Å². The van der Waals surface area contributed by atoms with Crippen molar-refractivity contribution in [2.45, 2.75) is 33.1 Å². The molecule has 0 aromatic heterocycles. The molecule has 0 saturated carbocycles. The average Bonchev–Trinajstić information content (AvgIpc) is 2.57. The van der Waals surface area contributed by atoms with Gasteiger partial charge in [0.25, 0.3) is 0 Å². The molecule has 1 atom stereocenters. The molecule has 132 valence electrons. The SMILES string of the molecule is COc1ccc(C(C)CC(=O)Nc2cc(C(=O)O)c(C)cc2C)cc1. The van der Waals surface area contributed by atoms with E-state index < -0.39 is 5.97 Å². The van der Waals surface area contributed by atoms with Gasteiger partial charge in [0, 0.05) is 12.1 Å². The Labute approximate surface area is 147 Å². The molecule has 5 nitrogen and oxygen atoms in total. The van der Waals surface area contributed by atoms with Gasteiger partial charge in [-0.15, -0.1) is 0 Å². The minimum atomic E-state index is -1.00. The third-order valence-electron chi connectivity index (χ3n) is 4.25. The van der Waals surface area contributed by atoms with Crippen LogP contribution in [0.25, 0.3) is 0 Å². The Morgan fingerprint density at radius 1 is 1.12 bits per heavy atom. The van der Waals surface area contributed by atoms with Gasteiger partial charge in [0.2, 0.25) is 5.91 Å². The van der Waals surface area contributed by atoms with E-state index in [2.05, 4.69) is 5.32 Å². The Kier molecular flexibility index (Phi) is 5.80. The Balaban J connectivity index is 2.09. The molecular weight excluding hydrogens is 318 g/mol. The standard InChI is InChI=1S/C20H23NO4/c1-12(15-5-7-16(25-4)8-6-15)10-19(22)21-18-11-17(20(23)24)13(2)9-14(18)3/h5-9,11-12H,10H2,1-4H3,(H,21,22)(H,23,24). The van der Waals surface area contributed by atoms with Crippen LogP contribution in [0.4, 0.5) is 5.69 Å². The van der Waals surface area contributed by atoms with Gasteiger partial charge in [0.15, 0.2) is 0 Å². The van der Waals surface area contributed by atoms with Crippen LogP contribution in [0.1, 0.15) is 46.3 Å². The number of carbonyl (C=O) groups is 2. The summed E-state index contributed by atoms with van der Waals surface area (Å²) in [6.45, 7) is 5.57. The number of rotatable bonds is 6. The predicted molar refractivity (Wildman–Crippen MR) is 97.5 cm³/mol. The van der Waals surface area contributed by atoms with E-state index in [0.29, 0.717) is 17.7 Å². The van der Waals surface area contributed by atoms with Crippen LogP contribution in [0, 0.1) is 13.8 Å². The number of aryl methyl sites for hydroxylation is 2.